The number of halogens is 1. The van der Waals surface area contributed by atoms with Crippen LogP contribution in [0.15, 0.2) is 42.5 Å². The van der Waals surface area contributed by atoms with Gasteiger partial charge in [0.1, 0.15) is 0 Å². The summed E-state index contributed by atoms with van der Waals surface area (Å²) in [6, 6.07) is 13.7. The molecule has 1 aliphatic heterocycles. The minimum atomic E-state index is -0.157. The average Bonchev–Trinajstić information content (AvgIpc) is 2.52. The number of hydrogen-bond donors (Lipinski definition) is 1. The molecule has 0 spiro atoms. The third-order valence-electron chi connectivity index (χ3n) is 4.02. The Hall–Kier alpha value is -1.84. The molecule has 1 amide bonds. The maximum atomic E-state index is 11.1. The second kappa shape index (κ2) is 5.88. The van der Waals surface area contributed by atoms with E-state index < -0.39 is 0 Å². The number of benzene rings is 2. The summed E-state index contributed by atoms with van der Waals surface area (Å²) in [5.74, 6) is 0. The lowest BCUT2D eigenvalue weighted by atomic mass is 9.88. The number of carbonyl (C=O) groups excluding carboxylic acids is 1. The maximum Gasteiger partial charge on any atom is 0.210 e. The predicted molar refractivity (Wildman–Crippen MR) is 83.1 cm³/mol. The van der Waals surface area contributed by atoms with Crippen LogP contribution < -0.4 is 0 Å². The van der Waals surface area contributed by atoms with Gasteiger partial charge < -0.3 is 10.0 Å². The van der Waals surface area contributed by atoms with Crippen molar-refractivity contribution in [2.75, 3.05) is 6.61 Å². The molecule has 0 bridgehead atoms. The highest BCUT2D eigenvalue weighted by molar-refractivity contribution is 6.30. The molecule has 108 valence electrons. The molecule has 4 heteroatoms. The van der Waals surface area contributed by atoms with Crippen molar-refractivity contribution in [3.63, 3.8) is 0 Å². The summed E-state index contributed by atoms with van der Waals surface area (Å²) in [5.41, 5.74) is 4.51. The van der Waals surface area contributed by atoms with E-state index in [2.05, 4.69) is 6.07 Å². The van der Waals surface area contributed by atoms with Crippen molar-refractivity contribution in [2.24, 2.45) is 0 Å². The molecular weight excluding hydrogens is 286 g/mol. The zero-order chi connectivity index (χ0) is 14.8. The monoisotopic (exact) mass is 301 g/mol. The Labute approximate surface area is 128 Å². The molecule has 2 aromatic carbocycles. The normalized spacial score (nSPS) is 17.4. The van der Waals surface area contributed by atoms with E-state index in [0.29, 0.717) is 18.0 Å². The van der Waals surface area contributed by atoms with E-state index in [1.807, 2.05) is 36.4 Å². The fourth-order valence-electron chi connectivity index (χ4n) is 2.92. The van der Waals surface area contributed by atoms with Crippen LogP contribution in [-0.2, 0) is 17.8 Å². The summed E-state index contributed by atoms with van der Waals surface area (Å²) >= 11 is 6.08. The Kier molecular flexibility index (Phi) is 3.95. The second-order valence-corrected chi connectivity index (χ2v) is 5.71. The third-order valence-corrected chi connectivity index (χ3v) is 4.25. The molecule has 1 unspecified atom stereocenters. The minimum Gasteiger partial charge on any atom is -0.394 e. The molecular formula is C17H16ClNO2. The van der Waals surface area contributed by atoms with Crippen LogP contribution in [0.25, 0.3) is 11.1 Å². The zero-order valence-electron chi connectivity index (χ0n) is 11.5. The van der Waals surface area contributed by atoms with Gasteiger partial charge >= 0.3 is 0 Å². The van der Waals surface area contributed by atoms with Crippen molar-refractivity contribution in [3.05, 3.63) is 58.6 Å². The van der Waals surface area contributed by atoms with Gasteiger partial charge in [0.25, 0.3) is 0 Å². The Morgan fingerprint density at radius 2 is 2.10 bits per heavy atom. The molecule has 1 heterocycles. The Morgan fingerprint density at radius 1 is 1.29 bits per heavy atom. The molecule has 0 radical (unpaired) electrons. The van der Waals surface area contributed by atoms with Gasteiger partial charge in [-0.3, -0.25) is 4.79 Å². The summed E-state index contributed by atoms with van der Waals surface area (Å²) < 4.78 is 0. The van der Waals surface area contributed by atoms with Crippen LogP contribution in [0, 0.1) is 0 Å². The number of fused-ring (bicyclic) bond motifs is 1. The molecule has 3 nitrogen and oxygen atoms in total. The van der Waals surface area contributed by atoms with Gasteiger partial charge in [0.15, 0.2) is 0 Å². The number of amides is 1. The SMILES string of the molecule is O=CN1Cc2cccc(-c3cccc(Cl)c3)c2CC1CO. The molecule has 1 atom stereocenters. The summed E-state index contributed by atoms with van der Waals surface area (Å²) in [4.78, 5) is 12.8. The molecule has 0 aliphatic carbocycles. The van der Waals surface area contributed by atoms with Gasteiger partial charge in [0.05, 0.1) is 12.6 Å². The highest BCUT2D eigenvalue weighted by Crippen LogP contribution is 2.32. The minimum absolute atomic E-state index is 0.0257. The van der Waals surface area contributed by atoms with Crippen LogP contribution in [0.3, 0.4) is 0 Å². The fourth-order valence-corrected chi connectivity index (χ4v) is 3.11. The topological polar surface area (TPSA) is 40.5 Å². The van der Waals surface area contributed by atoms with E-state index in [0.717, 1.165) is 23.1 Å². The van der Waals surface area contributed by atoms with Gasteiger partial charge in [0, 0.05) is 11.6 Å². The van der Waals surface area contributed by atoms with Gasteiger partial charge in [-0.1, -0.05) is 41.9 Å². The standard InChI is InChI=1S/C17H16ClNO2/c18-14-5-1-3-12(7-14)16-6-2-4-13-9-19(11-21)15(10-20)8-17(13)16/h1-7,11,15,20H,8-10H2. The zero-order valence-corrected chi connectivity index (χ0v) is 12.3. The van der Waals surface area contributed by atoms with Crippen molar-refractivity contribution in [1.82, 2.24) is 4.90 Å². The molecule has 3 rings (SSSR count). The summed E-state index contributed by atoms with van der Waals surface area (Å²) in [5, 5.41) is 10.2. The van der Waals surface area contributed by atoms with Crippen molar-refractivity contribution in [3.8, 4) is 11.1 Å². The number of aliphatic hydroxyl groups is 1. The van der Waals surface area contributed by atoms with Gasteiger partial charge in [-0.05, 0) is 40.8 Å². The number of rotatable bonds is 3. The largest absolute Gasteiger partial charge is 0.394 e. The second-order valence-electron chi connectivity index (χ2n) is 5.27. The quantitative estimate of drug-likeness (QED) is 0.886. The van der Waals surface area contributed by atoms with Gasteiger partial charge in [0.2, 0.25) is 6.41 Å². The van der Waals surface area contributed by atoms with Crippen molar-refractivity contribution >= 4 is 18.0 Å². The van der Waals surface area contributed by atoms with Crippen LogP contribution in [0.2, 0.25) is 5.02 Å². The van der Waals surface area contributed by atoms with Crippen LogP contribution in [0.5, 0.6) is 0 Å². The van der Waals surface area contributed by atoms with Crippen LogP contribution in [-0.4, -0.2) is 29.1 Å². The molecule has 21 heavy (non-hydrogen) atoms. The van der Waals surface area contributed by atoms with E-state index in [-0.39, 0.29) is 12.6 Å². The first-order valence-electron chi connectivity index (χ1n) is 6.91. The lowest BCUT2D eigenvalue weighted by Crippen LogP contribution is -2.41. The number of carbonyl (C=O) groups is 1. The molecule has 2 aromatic rings. The molecule has 0 aromatic heterocycles. The van der Waals surface area contributed by atoms with E-state index >= 15 is 0 Å². The Balaban J connectivity index is 2.08. The van der Waals surface area contributed by atoms with Crippen LogP contribution in [0.1, 0.15) is 11.1 Å². The molecule has 1 N–H and O–H groups in total. The molecule has 1 aliphatic rings. The summed E-state index contributed by atoms with van der Waals surface area (Å²) in [6.45, 7) is 0.514. The number of nitrogens with zero attached hydrogens (tertiary/aromatic N) is 1. The van der Waals surface area contributed by atoms with E-state index in [9.17, 15) is 9.90 Å². The highest BCUT2D eigenvalue weighted by Gasteiger charge is 2.26. The van der Waals surface area contributed by atoms with Crippen molar-refractivity contribution in [2.45, 2.75) is 19.0 Å². The lowest BCUT2D eigenvalue weighted by molar-refractivity contribution is -0.122. The first kappa shape index (κ1) is 14.1. The molecule has 0 saturated carbocycles. The summed E-state index contributed by atoms with van der Waals surface area (Å²) in [7, 11) is 0. The third kappa shape index (κ3) is 2.67. The Morgan fingerprint density at radius 3 is 2.81 bits per heavy atom. The first-order chi connectivity index (χ1) is 10.2. The maximum absolute atomic E-state index is 11.1. The van der Waals surface area contributed by atoms with Gasteiger partial charge in [-0.25, -0.2) is 0 Å². The van der Waals surface area contributed by atoms with E-state index in [1.54, 1.807) is 4.90 Å². The predicted octanol–water partition coefficient (Wildman–Crippen LogP) is 2.88. The van der Waals surface area contributed by atoms with Crippen LogP contribution >= 0.6 is 11.6 Å². The van der Waals surface area contributed by atoms with E-state index in [1.165, 1.54) is 5.56 Å². The van der Waals surface area contributed by atoms with Gasteiger partial charge in [-0.15, -0.1) is 0 Å². The van der Waals surface area contributed by atoms with E-state index in [4.69, 9.17) is 11.6 Å². The summed E-state index contributed by atoms with van der Waals surface area (Å²) in [6.07, 6.45) is 1.48. The van der Waals surface area contributed by atoms with Crippen molar-refractivity contribution in [1.29, 1.82) is 0 Å². The molecule has 0 saturated heterocycles. The van der Waals surface area contributed by atoms with Gasteiger partial charge in [-0.2, -0.15) is 0 Å². The first-order valence-corrected chi connectivity index (χ1v) is 7.29. The Bertz CT molecular complexity index is 672. The van der Waals surface area contributed by atoms with Crippen molar-refractivity contribution < 1.29 is 9.90 Å². The lowest BCUT2D eigenvalue weighted by Gasteiger charge is -2.34. The van der Waals surface area contributed by atoms with Crippen LogP contribution in [0.4, 0.5) is 0 Å². The fraction of sp³-hybridized carbons (Fsp3) is 0.235. The number of hydrogen-bond acceptors (Lipinski definition) is 2. The molecule has 0 fully saturated rings. The smallest absolute Gasteiger partial charge is 0.210 e. The average molecular weight is 302 g/mol. The highest BCUT2D eigenvalue weighted by atomic mass is 35.5. The number of aliphatic hydroxyl groups excluding tert-OH is 1.